The van der Waals surface area contributed by atoms with E-state index in [-0.39, 0.29) is 24.2 Å². The number of ketones is 1. The van der Waals surface area contributed by atoms with E-state index in [0.717, 1.165) is 0 Å². The second-order valence-corrected chi connectivity index (χ2v) is 5.50. The van der Waals surface area contributed by atoms with Gasteiger partial charge in [-0.1, -0.05) is 48.5 Å². The summed E-state index contributed by atoms with van der Waals surface area (Å²) in [7, 11) is 0. The molecular weight excluding hydrogens is 278 g/mol. The summed E-state index contributed by atoms with van der Waals surface area (Å²) in [6.07, 6.45) is 0. The lowest BCUT2D eigenvalue weighted by molar-refractivity contribution is 0.0360. The molecule has 1 N–H and O–H groups in total. The maximum atomic E-state index is 12.6. The quantitative estimate of drug-likeness (QED) is 0.878. The Bertz CT molecular complexity index is 690. The molecule has 3 rings (SSSR count). The highest BCUT2D eigenvalue weighted by Crippen LogP contribution is 2.21. The Morgan fingerprint density at radius 1 is 0.955 bits per heavy atom. The number of amides is 1. The Balaban J connectivity index is 1.87. The number of benzene rings is 2. The molecule has 1 aliphatic rings. The van der Waals surface area contributed by atoms with Crippen LogP contribution in [-0.2, 0) is 0 Å². The first-order valence-electron chi connectivity index (χ1n) is 7.29. The fourth-order valence-electron chi connectivity index (χ4n) is 2.63. The van der Waals surface area contributed by atoms with Crippen molar-refractivity contribution in [3.05, 3.63) is 71.3 Å². The number of likely N-dealkylation sites (tertiary alicyclic amines) is 1. The monoisotopic (exact) mass is 295 g/mol. The van der Waals surface area contributed by atoms with Crippen LogP contribution in [0.2, 0.25) is 0 Å². The first-order valence-corrected chi connectivity index (χ1v) is 7.29. The Morgan fingerprint density at radius 3 is 2.18 bits per heavy atom. The second-order valence-electron chi connectivity index (χ2n) is 5.50. The predicted octanol–water partition coefficient (Wildman–Crippen LogP) is 1.98. The summed E-state index contributed by atoms with van der Waals surface area (Å²) in [6.45, 7) is 1.18. The zero-order valence-electron chi connectivity index (χ0n) is 12.1. The van der Waals surface area contributed by atoms with Crippen LogP contribution in [0, 0.1) is 5.92 Å². The van der Waals surface area contributed by atoms with Crippen LogP contribution in [0.3, 0.4) is 0 Å². The summed E-state index contributed by atoms with van der Waals surface area (Å²) < 4.78 is 0. The second kappa shape index (κ2) is 6.12. The Morgan fingerprint density at radius 2 is 1.55 bits per heavy atom. The molecule has 1 aliphatic heterocycles. The lowest BCUT2D eigenvalue weighted by Gasteiger charge is -2.38. The summed E-state index contributed by atoms with van der Waals surface area (Å²) in [5.41, 5.74) is 1.42. The first kappa shape index (κ1) is 14.5. The molecule has 4 heteroatoms. The van der Waals surface area contributed by atoms with Crippen molar-refractivity contribution in [3.8, 4) is 0 Å². The normalized spacial score (nSPS) is 14.5. The van der Waals surface area contributed by atoms with Gasteiger partial charge in [0.05, 0.1) is 5.56 Å². The van der Waals surface area contributed by atoms with E-state index in [1.807, 2.05) is 6.07 Å². The Kier molecular flexibility index (Phi) is 4.02. The molecule has 0 spiro atoms. The average Bonchev–Trinajstić information content (AvgIpc) is 2.54. The van der Waals surface area contributed by atoms with Crippen molar-refractivity contribution in [1.29, 1.82) is 0 Å². The molecule has 0 unspecified atom stereocenters. The van der Waals surface area contributed by atoms with Crippen molar-refractivity contribution in [2.24, 2.45) is 5.92 Å². The van der Waals surface area contributed by atoms with Crippen molar-refractivity contribution < 1.29 is 14.7 Å². The third-order valence-electron chi connectivity index (χ3n) is 3.94. The molecule has 22 heavy (non-hydrogen) atoms. The van der Waals surface area contributed by atoms with Gasteiger partial charge in [-0.05, 0) is 6.07 Å². The van der Waals surface area contributed by atoms with E-state index in [9.17, 15) is 9.59 Å². The minimum atomic E-state index is -0.149. The minimum Gasteiger partial charge on any atom is -0.396 e. The molecule has 112 valence electrons. The Labute approximate surface area is 129 Å². The largest absolute Gasteiger partial charge is 0.396 e. The van der Waals surface area contributed by atoms with Crippen LogP contribution in [0.1, 0.15) is 26.3 Å². The summed E-state index contributed by atoms with van der Waals surface area (Å²) in [5, 5.41) is 9.06. The van der Waals surface area contributed by atoms with Crippen LogP contribution in [0.25, 0.3) is 0 Å². The van der Waals surface area contributed by atoms with Crippen LogP contribution < -0.4 is 0 Å². The minimum absolute atomic E-state index is 0.0916. The molecule has 1 saturated heterocycles. The van der Waals surface area contributed by atoms with Gasteiger partial charge < -0.3 is 10.0 Å². The fraction of sp³-hybridized carbons (Fsp3) is 0.222. The van der Waals surface area contributed by atoms with Crippen LogP contribution in [0.5, 0.6) is 0 Å². The number of nitrogens with zero attached hydrogens (tertiary/aromatic N) is 1. The number of carbonyl (C=O) groups excluding carboxylic acids is 2. The molecule has 0 aromatic heterocycles. The zero-order valence-corrected chi connectivity index (χ0v) is 12.1. The molecule has 1 fully saturated rings. The SMILES string of the molecule is O=C(c1ccccc1)c1ccccc1C(=O)N1CC(CO)C1. The lowest BCUT2D eigenvalue weighted by atomic mass is 9.95. The molecule has 2 aromatic rings. The number of hydrogen-bond acceptors (Lipinski definition) is 3. The molecule has 1 heterocycles. The van der Waals surface area contributed by atoms with Crippen LogP contribution >= 0.6 is 0 Å². The number of rotatable bonds is 4. The van der Waals surface area contributed by atoms with Crippen molar-refractivity contribution in [2.45, 2.75) is 0 Å². The van der Waals surface area contributed by atoms with Gasteiger partial charge in [0.1, 0.15) is 0 Å². The molecule has 0 saturated carbocycles. The molecule has 2 aromatic carbocycles. The van der Waals surface area contributed by atoms with Gasteiger partial charge in [0.25, 0.3) is 5.91 Å². The summed E-state index contributed by atoms with van der Waals surface area (Å²) in [4.78, 5) is 26.8. The summed E-state index contributed by atoms with van der Waals surface area (Å²) in [5.74, 6) is -0.144. The van der Waals surface area contributed by atoms with Gasteiger partial charge in [-0.25, -0.2) is 0 Å². The molecule has 0 atom stereocenters. The number of aliphatic hydroxyl groups excluding tert-OH is 1. The lowest BCUT2D eigenvalue weighted by Crippen LogP contribution is -2.51. The van der Waals surface area contributed by atoms with Crippen molar-refractivity contribution in [3.63, 3.8) is 0 Å². The average molecular weight is 295 g/mol. The topological polar surface area (TPSA) is 57.6 Å². The number of carbonyl (C=O) groups is 2. The van der Waals surface area contributed by atoms with Gasteiger partial charge in [0.15, 0.2) is 5.78 Å². The number of aliphatic hydroxyl groups is 1. The highest BCUT2D eigenvalue weighted by molar-refractivity contribution is 6.15. The van der Waals surface area contributed by atoms with Gasteiger partial charge in [0.2, 0.25) is 0 Å². The summed E-state index contributed by atoms with van der Waals surface area (Å²) >= 11 is 0. The Hall–Kier alpha value is -2.46. The van der Waals surface area contributed by atoms with E-state index in [1.165, 1.54) is 0 Å². The highest BCUT2D eigenvalue weighted by Gasteiger charge is 2.32. The maximum Gasteiger partial charge on any atom is 0.254 e. The van der Waals surface area contributed by atoms with Gasteiger partial charge in [-0.3, -0.25) is 9.59 Å². The maximum absolute atomic E-state index is 12.6. The molecule has 1 amide bonds. The first-order chi connectivity index (χ1) is 10.7. The van der Waals surface area contributed by atoms with Gasteiger partial charge >= 0.3 is 0 Å². The van der Waals surface area contributed by atoms with E-state index in [4.69, 9.17) is 5.11 Å². The van der Waals surface area contributed by atoms with Crippen molar-refractivity contribution in [2.75, 3.05) is 19.7 Å². The predicted molar refractivity (Wildman–Crippen MR) is 82.8 cm³/mol. The van der Waals surface area contributed by atoms with Crippen LogP contribution in [0.4, 0.5) is 0 Å². The van der Waals surface area contributed by atoms with Crippen LogP contribution in [-0.4, -0.2) is 41.4 Å². The van der Waals surface area contributed by atoms with E-state index in [0.29, 0.717) is 29.8 Å². The van der Waals surface area contributed by atoms with Crippen LogP contribution in [0.15, 0.2) is 54.6 Å². The molecule has 0 aliphatic carbocycles. The fourth-order valence-corrected chi connectivity index (χ4v) is 2.63. The summed E-state index contributed by atoms with van der Waals surface area (Å²) in [6, 6.07) is 15.8. The van der Waals surface area contributed by atoms with Gasteiger partial charge in [-0.15, -0.1) is 0 Å². The third-order valence-corrected chi connectivity index (χ3v) is 3.94. The highest BCUT2D eigenvalue weighted by atomic mass is 16.3. The van der Waals surface area contributed by atoms with E-state index in [1.54, 1.807) is 53.4 Å². The number of hydrogen-bond donors (Lipinski definition) is 1. The van der Waals surface area contributed by atoms with E-state index >= 15 is 0 Å². The molecule has 0 bridgehead atoms. The zero-order chi connectivity index (χ0) is 15.5. The molecule has 0 radical (unpaired) electrons. The smallest absolute Gasteiger partial charge is 0.254 e. The van der Waals surface area contributed by atoms with Gasteiger partial charge in [-0.2, -0.15) is 0 Å². The van der Waals surface area contributed by atoms with Gasteiger partial charge in [0, 0.05) is 36.7 Å². The van der Waals surface area contributed by atoms with E-state index < -0.39 is 0 Å². The van der Waals surface area contributed by atoms with Crippen molar-refractivity contribution >= 4 is 11.7 Å². The molecule has 4 nitrogen and oxygen atoms in total. The molecular formula is C18H17NO3. The van der Waals surface area contributed by atoms with Crippen molar-refractivity contribution in [1.82, 2.24) is 4.90 Å². The third kappa shape index (κ3) is 2.65. The van der Waals surface area contributed by atoms with E-state index in [2.05, 4.69) is 0 Å². The standard InChI is InChI=1S/C18H17NO3/c20-12-13-10-19(11-13)18(22)16-9-5-4-8-15(16)17(21)14-6-2-1-3-7-14/h1-9,13,20H,10-12H2.